The lowest BCUT2D eigenvalue weighted by molar-refractivity contribution is 0.0949. The molecule has 0 atom stereocenters. The van der Waals surface area contributed by atoms with Crippen molar-refractivity contribution in [1.82, 2.24) is 10.3 Å². The molecule has 0 saturated heterocycles. The summed E-state index contributed by atoms with van der Waals surface area (Å²) in [7, 11) is 0. The number of halogens is 1. The van der Waals surface area contributed by atoms with Crippen LogP contribution in [0.15, 0.2) is 24.4 Å². The van der Waals surface area contributed by atoms with E-state index in [1.165, 1.54) is 0 Å². The Morgan fingerprint density at radius 1 is 1.54 bits per heavy atom. The summed E-state index contributed by atoms with van der Waals surface area (Å²) in [6.07, 6.45) is 2.62. The van der Waals surface area contributed by atoms with Gasteiger partial charge in [-0.2, -0.15) is 0 Å². The van der Waals surface area contributed by atoms with Gasteiger partial charge in [-0.15, -0.1) is 0 Å². The molecule has 0 aliphatic rings. The molecule has 1 rings (SSSR count). The second-order valence-corrected chi connectivity index (χ2v) is 3.59. The van der Waals surface area contributed by atoms with Crippen LogP contribution in [-0.2, 0) is 0 Å². The maximum atomic E-state index is 11.3. The van der Waals surface area contributed by atoms with E-state index in [2.05, 4.69) is 32.9 Å². The second kappa shape index (κ2) is 5.90. The van der Waals surface area contributed by atoms with Gasteiger partial charge in [0.15, 0.2) is 0 Å². The highest BCUT2D eigenvalue weighted by atomic mass is 127. The van der Waals surface area contributed by atoms with Crippen molar-refractivity contribution in [2.75, 3.05) is 11.0 Å². The number of amides is 1. The Balaban J connectivity index is 2.40. The SMILES string of the molecule is O=C(NCCCI)c1ccccn1. The van der Waals surface area contributed by atoms with Crippen molar-refractivity contribution in [3.8, 4) is 0 Å². The molecule has 3 nitrogen and oxygen atoms in total. The van der Waals surface area contributed by atoms with Gasteiger partial charge in [-0.05, 0) is 18.6 Å². The van der Waals surface area contributed by atoms with Gasteiger partial charge in [-0.3, -0.25) is 9.78 Å². The van der Waals surface area contributed by atoms with Crippen LogP contribution in [0.4, 0.5) is 0 Å². The van der Waals surface area contributed by atoms with Gasteiger partial charge in [0.2, 0.25) is 0 Å². The number of hydrogen-bond donors (Lipinski definition) is 1. The molecule has 0 spiro atoms. The fourth-order valence-corrected chi connectivity index (χ4v) is 1.24. The summed E-state index contributed by atoms with van der Waals surface area (Å²) in [6.45, 7) is 0.721. The van der Waals surface area contributed by atoms with Crippen LogP contribution in [-0.4, -0.2) is 21.9 Å². The van der Waals surface area contributed by atoms with Crippen molar-refractivity contribution in [3.63, 3.8) is 0 Å². The molecule has 0 unspecified atom stereocenters. The Kier molecular flexibility index (Phi) is 4.74. The third-order valence-corrected chi connectivity index (χ3v) is 2.26. The standard InChI is InChI=1S/C9H11IN2O/c10-5-3-7-12-9(13)8-4-1-2-6-11-8/h1-2,4,6H,3,5,7H2,(H,12,13). The molecular formula is C9H11IN2O. The number of carbonyl (C=O) groups excluding carboxylic acids is 1. The van der Waals surface area contributed by atoms with Crippen LogP contribution in [0.2, 0.25) is 0 Å². The predicted octanol–water partition coefficient (Wildman–Crippen LogP) is 1.64. The molecule has 4 heteroatoms. The number of nitrogens with one attached hydrogen (secondary N) is 1. The fraction of sp³-hybridized carbons (Fsp3) is 0.333. The van der Waals surface area contributed by atoms with Crippen LogP contribution in [0.25, 0.3) is 0 Å². The zero-order valence-electron chi connectivity index (χ0n) is 7.16. The van der Waals surface area contributed by atoms with Gasteiger partial charge in [-0.1, -0.05) is 28.7 Å². The summed E-state index contributed by atoms with van der Waals surface area (Å²) in [5.41, 5.74) is 0.482. The summed E-state index contributed by atoms with van der Waals surface area (Å²) >= 11 is 2.28. The summed E-state index contributed by atoms with van der Waals surface area (Å²) in [4.78, 5) is 15.3. The molecule has 0 aromatic carbocycles. The molecule has 0 bridgehead atoms. The zero-order valence-corrected chi connectivity index (χ0v) is 9.32. The van der Waals surface area contributed by atoms with Gasteiger partial charge < -0.3 is 5.32 Å². The monoisotopic (exact) mass is 290 g/mol. The Hall–Kier alpha value is -0.650. The first-order valence-corrected chi connectivity index (χ1v) is 5.62. The van der Waals surface area contributed by atoms with Crippen LogP contribution < -0.4 is 5.32 Å². The Morgan fingerprint density at radius 3 is 3.00 bits per heavy atom. The number of nitrogens with zero attached hydrogens (tertiary/aromatic N) is 1. The van der Waals surface area contributed by atoms with E-state index in [0.29, 0.717) is 5.69 Å². The molecule has 1 aromatic rings. The van der Waals surface area contributed by atoms with E-state index in [-0.39, 0.29) is 5.91 Å². The molecule has 0 aliphatic heterocycles. The molecule has 1 amide bonds. The number of hydrogen-bond acceptors (Lipinski definition) is 2. The quantitative estimate of drug-likeness (QED) is 0.520. The number of pyridine rings is 1. The molecule has 0 aliphatic carbocycles. The van der Waals surface area contributed by atoms with Gasteiger partial charge in [0.25, 0.3) is 5.91 Å². The third kappa shape index (κ3) is 3.71. The molecule has 1 N–H and O–H groups in total. The van der Waals surface area contributed by atoms with Gasteiger partial charge in [0.05, 0.1) is 0 Å². The molecule has 70 valence electrons. The number of carbonyl (C=O) groups is 1. The van der Waals surface area contributed by atoms with Gasteiger partial charge in [0, 0.05) is 17.2 Å². The smallest absolute Gasteiger partial charge is 0.269 e. The van der Waals surface area contributed by atoms with E-state index in [9.17, 15) is 4.79 Å². The zero-order chi connectivity index (χ0) is 9.52. The lowest BCUT2D eigenvalue weighted by Gasteiger charge is -2.01. The lowest BCUT2D eigenvalue weighted by Crippen LogP contribution is -2.25. The molecule has 0 radical (unpaired) electrons. The van der Waals surface area contributed by atoms with Crippen LogP contribution in [0, 0.1) is 0 Å². The summed E-state index contributed by atoms with van der Waals surface area (Å²) in [6, 6.07) is 5.31. The maximum Gasteiger partial charge on any atom is 0.269 e. The summed E-state index contributed by atoms with van der Waals surface area (Å²) < 4.78 is 1.06. The lowest BCUT2D eigenvalue weighted by atomic mass is 10.3. The molecule has 1 aromatic heterocycles. The van der Waals surface area contributed by atoms with E-state index < -0.39 is 0 Å². The molecule has 0 fully saturated rings. The first-order chi connectivity index (χ1) is 6.34. The first-order valence-electron chi connectivity index (χ1n) is 4.10. The molecule has 1 heterocycles. The van der Waals surface area contributed by atoms with E-state index in [0.717, 1.165) is 17.4 Å². The van der Waals surface area contributed by atoms with Crippen molar-refractivity contribution in [2.45, 2.75) is 6.42 Å². The van der Waals surface area contributed by atoms with Crippen molar-refractivity contribution in [3.05, 3.63) is 30.1 Å². The topological polar surface area (TPSA) is 42.0 Å². The van der Waals surface area contributed by atoms with E-state index >= 15 is 0 Å². The minimum Gasteiger partial charge on any atom is -0.351 e. The predicted molar refractivity (Wildman–Crippen MR) is 60.1 cm³/mol. The van der Waals surface area contributed by atoms with Crippen LogP contribution in [0.5, 0.6) is 0 Å². The van der Waals surface area contributed by atoms with E-state index in [1.54, 1.807) is 24.4 Å². The van der Waals surface area contributed by atoms with Gasteiger partial charge in [-0.25, -0.2) is 0 Å². The van der Waals surface area contributed by atoms with Gasteiger partial charge >= 0.3 is 0 Å². The highest BCUT2D eigenvalue weighted by Crippen LogP contribution is 1.93. The van der Waals surface area contributed by atoms with Gasteiger partial charge in [0.1, 0.15) is 5.69 Å². The first kappa shape index (κ1) is 10.4. The average Bonchev–Trinajstić information content (AvgIpc) is 2.19. The largest absolute Gasteiger partial charge is 0.351 e. The molecular weight excluding hydrogens is 279 g/mol. The minimum absolute atomic E-state index is 0.0922. The molecule has 0 saturated carbocycles. The minimum atomic E-state index is -0.0922. The summed E-state index contributed by atoms with van der Waals surface area (Å²) in [5, 5.41) is 2.79. The average molecular weight is 290 g/mol. The maximum absolute atomic E-state index is 11.3. The molecule has 13 heavy (non-hydrogen) atoms. The highest BCUT2D eigenvalue weighted by molar-refractivity contribution is 14.1. The van der Waals surface area contributed by atoms with Crippen LogP contribution >= 0.6 is 22.6 Å². The van der Waals surface area contributed by atoms with Crippen molar-refractivity contribution in [2.24, 2.45) is 0 Å². The Morgan fingerprint density at radius 2 is 2.38 bits per heavy atom. The van der Waals surface area contributed by atoms with Crippen LogP contribution in [0.1, 0.15) is 16.9 Å². The third-order valence-electron chi connectivity index (χ3n) is 1.49. The van der Waals surface area contributed by atoms with Crippen molar-refractivity contribution in [1.29, 1.82) is 0 Å². The van der Waals surface area contributed by atoms with Crippen molar-refractivity contribution < 1.29 is 4.79 Å². The van der Waals surface area contributed by atoms with Crippen molar-refractivity contribution >= 4 is 28.5 Å². The Labute approximate surface area is 91.1 Å². The fourth-order valence-electron chi connectivity index (χ4n) is 0.856. The normalized spacial score (nSPS) is 9.62. The van der Waals surface area contributed by atoms with E-state index in [4.69, 9.17) is 0 Å². The van der Waals surface area contributed by atoms with E-state index in [1.807, 2.05) is 0 Å². The van der Waals surface area contributed by atoms with Crippen LogP contribution in [0.3, 0.4) is 0 Å². The highest BCUT2D eigenvalue weighted by Gasteiger charge is 2.03. The number of aromatic nitrogens is 1. The number of rotatable bonds is 4. The second-order valence-electron chi connectivity index (χ2n) is 2.51. The Bertz CT molecular complexity index is 264. The summed E-state index contributed by atoms with van der Waals surface area (Å²) in [5.74, 6) is -0.0922. The number of alkyl halides is 1.